The highest BCUT2D eigenvalue weighted by Gasteiger charge is 2.47. The molecule has 3 rings (SSSR count). The van der Waals surface area contributed by atoms with Crippen LogP contribution in [0.2, 0.25) is 0 Å². The molecule has 0 aromatic rings. The molecule has 0 aromatic carbocycles. The molecular weight excluding hydrogens is 252 g/mol. The summed E-state index contributed by atoms with van der Waals surface area (Å²) < 4.78 is 0. The summed E-state index contributed by atoms with van der Waals surface area (Å²) in [6.45, 7) is 5.96. The third-order valence-corrected chi connectivity index (χ3v) is 5.89. The second-order valence-corrected chi connectivity index (χ2v) is 6.93. The Morgan fingerprint density at radius 1 is 1.30 bits per heavy atom. The van der Waals surface area contributed by atoms with Gasteiger partial charge in [0.05, 0.1) is 5.54 Å². The lowest BCUT2D eigenvalue weighted by atomic mass is 9.96. The Labute approximate surface area is 121 Å². The van der Waals surface area contributed by atoms with E-state index in [2.05, 4.69) is 22.0 Å². The number of fused-ring (bicyclic) bond motifs is 1. The number of piperazine rings is 1. The van der Waals surface area contributed by atoms with Crippen LogP contribution in [-0.4, -0.2) is 66.1 Å². The standard InChI is InChI=1S/C15H28N4O/c1-11-9-18-7-3-4-13(18)10-19(11)12-5-6-15(8-12,17-2)14(16)20/h11-13,17H,3-10H2,1-2H3,(H2,16,20). The largest absolute Gasteiger partial charge is 0.368 e. The van der Waals surface area contributed by atoms with Crippen LogP contribution in [0.25, 0.3) is 0 Å². The third-order valence-electron chi connectivity index (χ3n) is 5.89. The Kier molecular flexibility index (Phi) is 3.77. The number of primary amides is 1. The van der Waals surface area contributed by atoms with Crippen molar-refractivity contribution in [3.05, 3.63) is 0 Å². The van der Waals surface area contributed by atoms with E-state index in [0.29, 0.717) is 12.1 Å². The topological polar surface area (TPSA) is 61.6 Å². The molecule has 5 nitrogen and oxygen atoms in total. The zero-order valence-corrected chi connectivity index (χ0v) is 12.8. The summed E-state index contributed by atoms with van der Waals surface area (Å²) >= 11 is 0. The lowest BCUT2D eigenvalue weighted by molar-refractivity contribution is -0.124. The van der Waals surface area contributed by atoms with Gasteiger partial charge in [0.2, 0.25) is 5.91 Å². The fourth-order valence-electron chi connectivity index (χ4n) is 4.60. The molecule has 1 saturated carbocycles. The molecule has 4 atom stereocenters. The second-order valence-electron chi connectivity index (χ2n) is 6.93. The van der Waals surface area contributed by atoms with Crippen molar-refractivity contribution in [2.75, 3.05) is 26.7 Å². The second kappa shape index (κ2) is 5.28. The Bertz CT molecular complexity index is 388. The number of amides is 1. The van der Waals surface area contributed by atoms with Gasteiger partial charge in [-0.3, -0.25) is 14.6 Å². The Morgan fingerprint density at radius 3 is 2.75 bits per heavy atom. The monoisotopic (exact) mass is 280 g/mol. The smallest absolute Gasteiger partial charge is 0.237 e. The molecule has 1 aliphatic carbocycles. The average molecular weight is 280 g/mol. The predicted octanol–water partition coefficient (Wildman–Crippen LogP) is 0.151. The number of carbonyl (C=O) groups excluding carboxylic acids is 1. The van der Waals surface area contributed by atoms with Crippen LogP contribution in [0.5, 0.6) is 0 Å². The van der Waals surface area contributed by atoms with E-state index < -0.39 is 5.54 Å². The van der Waals surface area contributed by atoms with Crippen LogP contribution in [0.4, 0.5) is 0 Å². The van der Waals surface area contributed by atoms with Crippen molar-refractivity contribution in [3.63, 3.8) is 0 Å². The fraction of sp³-hybridized carbons (Fsp3) is 0.933. The van der Waals surface area contributed by atoms with E-state index in [1.165, 1.54) is 32.5 Å². The lowest BCUT2D eigenvalue weighted by Crippen LogP contribution is -2.59. The van der Waals surface area contributed by atoms with Crippen LogP contribution in [0, 0.1) is 0 Å². The molecule has 3 N–H and O–H groups in total. The maximum Gasteiger partial charge on any atom is 0.237 e. The summed E-state index contributed by atoms with van der Waals surface area (Å²) in [6.07, 6.45) is 5.51. The van der Waals surface area contributed by atoms with Gasteiger partial charge in [0.25, 0.3) is 0 Å². The van der Waals surface area contributed by atoms with E-state index in [1.807, 2.05) is 7.05 Å². The molecule has 3 aliphatic rings. The van der Waals surface area contributed by atoms with Gasteiger partial charge in [-0.1, -0.05) is 0 Å². The molecule has 2 saturated heterocycles. The quantitative estimate of drug-likeness (QED) is 0.772. The summed E-state index contributed by atoms with van der Waals surface area (Å²) in [5.74, 6) is -0.186. The number of nitrogens with one attached hydrogen (secondary N) is 1. The molecule has 20 heavy (non-hydrogen) atoms. The summed E-state index contributed by atoms with van der Waals surface area (Å²) in [6, 6.07) is 1.84. The van der Waals surface area contributed by atoms with E-state index >= 15 is 0 Å². The van der Waals surface area contributed by atoms with Gasteiger partial charge in [-0.25, -0.2) is 0 Å². The van der Waals surface area contributed by atoms with Crippen molar-refractivity contribution >= 4 is 5.91 Å². The highest BCUT2D eigenvalue weighted by Crippen LogP contribution is 2.36. The van der Waals surface area contributed by atoms with Crippen LogP contribution >= 0.6 is 0 Å². The van der Waals surface area contributed by atoms with Crippen LogP contribution < -0.4 is 11.1 Å². The van der Waals surface area contributed by atoms with Crippen molar-refractivity contribution < 1.29 is 4.79 Å². The zero-order valence-electron chi connectivity index (χ0n) is 12.8. The third kappa shape index (κ3) is 2.26. The van der Waals surface area contributed by atoms with Gasteiger partial charge in [-0.2, -0.15) is 0 Å². The minimum absolute atomic E-state index is 0.186. The minimum Gasteiger partial charge on any atom is -0.368 e. The fourth-order valence-corrected chi connectivity index (χ4v) is 4.60. The van der Waals surface area contributed by atoms with Crippen molar-refractivity contribution in [2.24, 2.45) is 5.73 Å². The van der Waals surface area contributed by atoms with Gasteiger partial charge in [-0.15, -0.1) is 0 Å². The number of hydrogen-bond donors (Lipinski definition) is 2. The van der Waals surface area contributed by atoms with Gasteiger partial charge in [0.15, 0.2) is 0 Å². The van der Waals surface area contributed by atoms with Gasteiger partial charge in [-0.05, 0) is 52.6 Å². The average Bonchev–Trinajstić information content (AvgIpc) is 3.03. The molecule has 114 valence electrons. The molecule has 0 spiro atoms. The maximum absolute atomic E-state index is 11.8. The van der Waals surface area contributed by atoms with Crippen LogP contribution in [0.3, 0.4) is 0 Å². The Morgan fingerprint density at radius 2 is 2.10 bits per heavy atom. The van der Waals surface area contributed by atoms with Gasteiger partial charge in [0, 0.05) is 31.2 Å². The van der Waals surface area contributed by atoms with E-state index in [0.717, 1.165) is 25.3 Å². The van der Waals surface area contributed by atoms with Crippen molar-refractivity contribution in [1.82, 2.24) is 15.1 Å². The molecule has 0 aromatic heterocycles. The summed E-state index contributed by atoms with van der Waals surface area (Å²) in [5.41, 5.74) is 5.15. The number of nitrogens with two attached hydrogens (primary N) is 1. The molecule has 2 aliphatic heterocycles. The lowest BCUT2D eigenvalue weighted by Gasteiger charge is -2.45. The highest BCUT2D eigenvalue weighted by molar-refractivity contribution is 5.85. The Hall–Kier alpha value is -0.650. The minimum atomic E-state index is -0.475. The number of likely N-dealkylation sites (N-methyl/N-ethyl adjacent to an activating group) is 1. The van der Waals surface area contributed by atoms with Crippen molar-refractivity contribution in [2.45, 2.75) is 62.7 Å². The molecule has 2 heterocycles. The van der Waals surface area contributed by atoms with E-state index in [9.17, 15) is 4.79 Å². The number of carbonyl (C=O) groups is 1. The first kappa shape index (κ1) is 14.3. The molecule has 3 fully saturated rings. The van der Waals surface area contributed by atoms with E-state index in [1.54, 1.807) is 0 Å². The first-order valence-corrected chi connectivity index (χ1v) is 8.04. The number of hydrogen-bond acceptors (Lipinski definition) is 4. The van der Waals surface area contributed by atoms with Crippen molar-refractivity contribution in [3.8, 4) is 0 Å². The van der Waals surface area contributed by atoms with Crippen LogP contribution in [-0.2, 0) is 4.79 Å². The molecular formula is C15H28N4O. The highest BCUT2D eigenvalue weighted by atomic mass is 16.1. The van der Waals surface area contributed by atoms with Gasteiger partial charge < -0.3 is 11.1 Å². The van der Waals surface area contributed by atoms with Gasteiger partial charge in [0.1, 0.15) is 0 Å². The molecule has 5 heteroatoms. The number of rotatable bonds is 3. The molecule has 0 bridgehead atoms. The summed E-state index contributed by atoms with van der Waals surface area (Å²) in [5, 5.41) is 3.20. The first-order valence-electron chi connectivity index (χ1n) is 8.04. The van der Waals surface area contributed by atoms with E-state index in [-0.39, 0.29) is 5.91 Å². The Balaban J connectivity index is 1.69. The molecule has 0 radical (unpaired) electrons. The molecule has 4 unspecified atom stereocenters. The number of nitrogens with zero attached hydrogens (tertiary/aromatic N) is 2. The predicted molar refractivity (Wildman–Crippen MR) is 79.4 cm³/mol. The summed E-state index contributed by atoms with van der Waals surface area (Å²) in [4.78, 5) is 17.1. The van der Waals surface area contributed by atoms with Gasteiger partial charge >= 0.3 is 0 Å². The van der Waals surface area contributed by atoms with E-state index in [4.69, 9.17) is 5.73 Å². The van der Waals surface area contributed by atoms with Crippen molar-refractivity contribution in [1.29, 1.82) is 0 Å². The normalized spacial score (nSPS) is 42.8. The van der Waals surface area contributed by atoms with Crippen LogP contribution in [0.1, 0.15) is 39.0 Å². The van der Waals surface area contributed by atoms with Crippen LogP contribution in [0.15, 0.2) is 0 Å². The first-order chi connectivity index (χ1) is 9.55. The zero-order chi connectivity index (χ0) is 14.3. The maximum atomic E-state index is 11.8. The summed E-state index contributed by atoms with van der Waals surface area (Å²) in [7, 11) is 1.87. The SMILES string of the molecule is CNC1(C(N)=O)CCC(N2CC3CCCN3CC2C)C1. The molecule has 1 amide bonds.